The Balaban J connectivity index is 0.000000771. The van der Waals surface area contributed by atoms with Crippen molar-refractivity contribution in [3.8, 4) is 17.2 Å². The third-order valence-corrected chi connectivity index (χ3v) is 2.34. The van der Waals surface area contributed by atoms with E-state index in [1.165, 1.54) is 0 Å². The molecule has 1 aromatic carbocycles. The lowest BCUT2D eigenvalue weighted by Crippen LogP contribution is -1.96. The van der Waals surface area contributed by atoms with E-state index in [1.807, 2.05) is 51.4 Å². The first-order valence-electron chi connectivity index (χ1n) is 5.98. The average Bonchev–Trinajstić information content (AvgIpc) is 2.87. The van der Waals surface area contributed by atoms with E-state index < -0.39 is 0 Å². The number of nitrogens with zero attached hydrogens (tertiary/aromatic N) is 2. The molecule has 0 aliphatic carbocycles. The van der Waals surface area contributed by atoms with Gasteiger partial charge in [-0.3, -0.25) is 0 Å². The Labute approximate surface area is 108 Å². The van der Waals surface area contributed by atoms with Gasteiger partial charge < -0.3 is 9.47 Å². The van der Waals surface area contributed by atoms with Crippen LogP contribution in [0.4, 0.5) is 0 Å². The Morgan fingerprint density at radius 3 is 2.22 bits per heavy atom. The summed E-state index contributed by atoms with van der Waals surface area (Å²) in [6, 6.07) is 5.70. The second kappa shape index (κ2) is 6.69. The zero-order chi connectivity index (χ0) is 13.5. The van der Waals surface area contributed by atoms with Crippen molar-refractivity contribution in [2.45, 2.75) is 20.8 Å². The average molecular weight is 248 g/mol. The summed E-state index contributed by atoms with van der Waals surface area (Å²) in [6.07, 6.45) is 3.78. The Morgan fingerprint density at radius 2 is 1.72 bits per heavy atom. The van der Waals surface area contributed by atoms with Crippen molar-refractivity contribution in [2.75, 3.05) is 14.2 Å². The van der Waals surface area contributed by atoms with Crippen LogP contribution in [0.2, 0.25) is 0 Å². The molecule has 0 saturated heterocycles. The Morgan fingerprint density at radius 1 is 1.06 bits per heavy atom. The minimum Gasteiger partial charge on any atom is -0.493 e. The number of hydrogen-bond acceptors (Lipinski definition) is 3. The summed E-state index contributed by atoms with van der Waals surface area (Å²) in [5.74, 6) is 1.42. The molecule has 4 heteroatoms. The molecule has 1 heterocycles. The number of rotatable bonds is 3. The summed E-state index contributed by atoms with van der Waals surface area (Å²) in [4.78, 5) is 0. The molecule has 0 aliphatic rings. The van der Waals surface area contributed by atoms with E-state index in [0.29, 0.717) is 5.75 Å². The van der Waals surface area contributed by atoms with Gasteiger partial charge in [-0.05, 0) is 24.6 Å². The standard InChI is InChI=1S/C12H14N2O2.C2H6/c1-9-7-13-14(8-9)10-4-5-11(15-2)12(6-10)16-3;1-2/h4-8H,1-3H3;1-2H3. The first kappa shape index (κ1) is 14.1. The first-order valence-corrected chi connectivity index (χ1v) is 5.98. The summed E-state index contributed by atoms with van der Waals surface area (Å²) in [7, 11) is 3.24. The van der Waals surface area contributed by atoms with Crippen LogP contribution in [0.1, 0.15) is 19.4 Å². The zero-order valence-electron chi connectivity index (χ0n) is 11.6. The van der Waals surface area contributed by atoms with Gasteiger partial charge in [0.2, 0.25) is 0 Å². The van der Waals surface area contributed by atoms with Gasteiger partial charge in [0.1, 0.15) is 0 Å². The van der Waals surface area contributed by atoms with Gasteiger partial charge in [0.05, 0.1) is 26.1 Å². The van der Waals surface area contributed by atoms with E-state index >= 15 is 0 Å². The highest BCUT2D eigenvalue weighted by molar-refractivity contribution is 5.48. The van der Waals surface area contributed by atoms with Crippen LogP contribution in [-0.4, -0.2) is 24.0 Å². The monoisotopic (exact) mass is 248 g/mol. The van der Waals surface area contributed by atoms with Gasteiger partial charge >= 0.3 is 0 Å². The van der Waals surface area contributed by atoms with Crippen LogP contribution < -0.4 is 9.47 Å². The number of methoxy groups -OCH3 is 2. The van der Waals surface area contributed by atoms with E-state index in [4.69, 9.17) is 9.47 Å². The predicted molar refractivity (Wildman–Crippen MR) is 72.8 cm³/mol. The van der Waals surface area contributed by atoms with E-state index in [0.717, 1.165) is 17.0 Å². The number of benzene rings is 1. The Bertz CT molecular complexity index is 492. The molecule has 0 bridgehead atoms. The maximum atomic E-state index is 5.24. The van der Waals surface area contributed by atoms with Crippen molar-refractivity contribution in [3.63, 3.8) is 0 Å². The molecule has 2 rings (SSSR count). The zero-order valence-corrected chi connectivity index (χ0v) is 11.6. The minimum atomic E-state index is 0.702. The second-order valence-electron chi connectivity index (χ2n) is 3.50. The van der Waals surface area contributed by atoms with E-state index in [9.17, 15) is 0 Å². The van der Waals surface area contributed by atoms with Crippen LogP contribution in [0.15, 0.2) is 30.6 Å². The maximum Gasteiger partial charge on any atom is 0.162 e. The lowest BCUT2D eigenvalue weighted by atomic mass is 10.3. The summed E-state index contributed by atoms with van der Waals surface area (Å²) in [6.45, 7) is 6.00. The smallest absolute Gasteiger partial charge is 0.162 e. The third kappa shape index (κ3) is 3.03. The number of aryl methyl sites for hydroxylation is 1. The van der Waals surface area contributed by atoms with Gasteiger partial charge in [0.25, 0.3) is 0 Å². The molecule has 1 aromatic heterocycles. The normalized spacial score (nSPS) is 9.39. The van der Waals surface area contributed by atoms with Crippen LogP contribution >= 0.6 is 0 Å². The van der Waals surface area contributed by atoms with Crippen LogP contribution in [0.5, 0.6) is 11.5 Å². The first-order chi connectivity index (χ1) is 8.74. The van der Waals surface area contributed by atoms with Crippen LogP contribution in [0.25, 0.3) is 5.69 Å². The summed E-state index contributed by atoms with van der Waals surface area (Å²) in [5.41, 5.74) is 2.07. The Hall–Kier alpha value is -1.97. The number of aromatic nitrogens is 2. The van der Waals surface area contributed by atoms with Gasteiger partial charge in [-0.15, -0.1) is 0 Å². The van der Waals surface area contributed by atoms with E-state index in [1.54, 1.807) is 18.9 Å². The van der Waals surface area contributed by atoms with Crippen molar-refractivity contribution in [1.82, 2.24) is 9.78 Å². The molecule has 18 heavy (non-hydrogen) atoms. The van der Waals surface area contributed by atoms with Gasteiger partial charge in [-0.2, -0.15) is 5.10 Å². The third-order valence-electron chi connectivity index (χ3n) is 2.34. The van der Waals surface area contributed by atoms with E-state index in [2.05, 4.69) is 5.10 Å². The fraction of sp³-hybridized carbons (Fsp3) is 0.357. The minimum absolute atomic E-state index is 0.702. The fourth-order valence-electron chi connectivity index (χ4n) is 1.52. The highest BCUT2D eigenvalue weighted by Crippen LogP contribution is 2.28. The quantitative estimate of drug-likeness (QED) is 0.836. The fourth-order valence-corrected chi connectivity index (χ4v) is 1.52. The molecule has 0 saturated carbocycles. The molecule has 0 aliphatic heterocycles. The highest BCUT2D eigenvalue weighted by Gasteiger charge is 2.06. The topological polar surface area (TPSA) is 36.3 Å². The molecule has 2 aromatic rings. The molecule has 0 atom stereocenters. The van der Waals surface area contributed by atoms with Crippen LogP contribution in [0.3, 0.4) is 0 Å². The summed E-state index contributed by atoms with van der Waals surface area (Å²) < 4.78 is 12.2. The lowest BCUT2D eigenvalue weighted by molar-refractivity contribution is 0.354. The molecule has 98 valence electrons. The van der Waals surface area contributed by atoms with Crippen molar-refractivity contribution in [2.24, 2.45) is 0 Å². The molecule has 4 nitrogen and oxygen atoms in total. The molecule has 0 unspecified atom stereocenters. The number of hydrogen-bond donors (Lipinski definition) is 0. The molecule has 0 N–H and O–H groups in total. The molecule has 0 amide bonds. The SMILES string of the molecule is CC.COc1ccc(-n2cc(C)cn2)cc1OC. The van der Waals surface area contributed by atoms with Crippen molar-refractivity contribution < 1.29 is 9.47 Å². The molecule has 0 spiro atoms. The summed E-state index contributed by atoms with van der Waals surface area (Å²) in [5, 5.41) is 4.24. The van der Waals surface area contributed by atoms with E-state index in [-0.39, 0.29) is 0 Å². The molecular formula is C14H20N2O2. The highest BCUT2D eigenvalue weighted by atomic mass is 16.5. The molecule has 0 fully saturated rings. The maximum absolute atomic E-state index is 5.24. The van der Waals surface area contributed by atoms with Crippen molar-refractivity contribution in [1.29, 1.82) is 0 Å². The van der Waals surface area contributed by atoms with Crippen LogP contribution in [0, 0.1) is 6.92 Å². The van der Waals surface area contributed by atoms with Crippen molar-refractivity contribution in [3.05, 3.63) is 36.2 Å². The number of ether oxygens (including phenoxy) is 2. The second-order valence-corrected chi connectivity index (χ2v) is 3.50. The lowest BCUT2D eigenvalue weighted by Gasteiger charge is -2.09. The predicted octanol–water partition coefficient (Wildman–Crippen LogP) is 3.22. The van der Waals surface area contributed by atoms with Crippen molar-refractivity contribution >= 4 is 0 Å². The largest absolute Gasteiger partial charge is 0.493 e. The Kier molecular flexibility index (Phi) is 5.24. The van der Waals surface area contributed by atoms with Gasteiger partial charge in [-0.1, -0.05) is 13.8 Å². The van der Waals surface area contributed by atoms with Crippen LogP contribution in [-0.2, 0) is 0 Å². The van der Waals surface area contributed by atoms with Gasteiger partial charge in [0.15, 0.2) is 11.5 Å². The molecular weight excluding hydrogens is 228 g/mol. The van der Waals surface area contributed by atoms with Gasteiger partial charge in [0, 0.05) is 12.3 Å². The molecule has 0 radical (unpaired) electrons. The van der Waals surface area contributed by atoms with Gasteiger partial charge in [-0.25, -0.2) is 4.68 Å². The summed E-state index contributed by atoms with van der Waals surface area (Å²) >= 11 is 0.